The van der Waals surface area contributed by atoms with Gasteiger partial charge in [0.15, 0.2) is 10.2 Å². The molecule has 0 bridgehead atoms. The first-order valence-electron chi connectivity index (χ1n) is 2.54. The fraction of sp³-hybridized carbons (Fsp3) is 0.600. The zero-order valence-electron chi connectivity index (χ0n) is 5.09. The fourth-order valence-electron chi connectivity index (χ4n) is 0.335. The lowest BCUT2D eigenvalue weighted by molar-refractivity contribution is -0.109. The van der Waals surface area contributed by atoms with Gasteiger partial charge in [0.2, 0.25) is 0 Å². The largest absolute Gasteiger partial charge is 0.487 e. The number of thiocarbonyl (C=S) groups is 1. The van der Waals surface area contributed by atoms with E-state index in [0.717, 1.165) is 0 Å². The fourth-order valence-corrected chi connectivity index (χ4v) is 0.835. The minimum Gasteiger partial charge on any atom is -0.487 e. The van der Waals surface area contributed by atoms with Gasteiger partial charge in [0.1, 0.15) is 0 Å². The Morgan fingerprint density at radius 3 is 2.67 bits per heavy atom. The summed E-state index contributed by atoms with van der Waals surface area (Å²) in [5.74, 6) is 0. The molecule has 0 amide bonds. The van der Waals surface area contributed by atoms with Crippen LogP contribution in [-0.2, 0) is 9.53 Å². The summed E-state index contributed by atoms with van der Waals surface area (Å²) in [6.45, 7) is 2.33. The van der Waals surface area contributed by atoms with Gasteiger partial charge in [-0.2, -0.15) is 0 Å². The highest BCUT2D eigenvalue weighted by Crippen LogP contribution is 1.93. The highest BCUT2D eigenvalue weighted by Gasteiger charge is 1.99. The van der Waals surface area contributed by atoms with Crippen LogP contribution in [0.4, 0.5) is 0 Å². The molecular formula is C5H8O2S2. The molecule has 0 radical (unpaired) electrons. The van der Waals surface area contributed by atoms with Crippen LogP contribution in [0.2, 0.25) is 0 Å². The van der Waals surface area contributed by atoms with Crippen LogP contribution in [0.25, 0.3) is 0 Å². The summed E-state index contributed by atoms with van der Waals surface area (Å²) in [6, 6.07) is 0. The van der Waals surface area contributed by atoms with Gasteiger partial charge in [0.05, 0.1) is 13.0 Å². The molecule has 0 aromatic carbocycles. The highest BCUT2D eigenvalue weighted by molar-refractivity contribution is 7.96. The Balaban J connectivity index is 3.39. The quantitative estimate of drug-likeness (QED) is 0.501. The van der Waals surface area contributed by atoms with Crippen molar-refractivity contribution < 1.29 is 9.53 Å². The first-order valence-corrected chi connectivity index (χ1v) is 3.39. The Hall–Kier alpha value is -0.0900. The second-order valence-corrected chi connectivity index (χ2v) is 2.33. The molecule has 0 aromatic rings. The van der Waals surface area contributed by atoms with Crippen LogP contribution in [0.1, 0.15) is 13.3 Å². The lowest BCUT2D eigenvalue weighted by Gasteiger charge is -1.99. The van der Waals surface area contributed by atoms with Crippen molar-refractivity contribution in [1.82, 2.24) is 0 Å². The van der Waals surface area contributed by atoms with E-state index < -0.39 is 0 Å². The molecule has 0 heterocycles. The van der Waals surface area contributed by atoms with Gasteiger partial charge in [-0.25, -0.2) is 0 Å². The van der Waals surface area contributed by atoms with Gasteiger partial charge in [-0.15, -0.1) is 12.6 Å². The summed E-state index contributed by atoms with van der Waals surface area (Å²) in [5.41, 5.74) is 0. The Labute approximate surface area is 65.0 Å². The van der Waals surface area contributed by atoms with E-state index in [1.54, 1.807) is 0 Å². The first kappa shape index (κ1) is 8.91. The third-order valence-electron chi connectivity index (χ3n) is 0.601. The van der Waals surface area contributed by atoms with Crippen LogP contribution in [0.5, 0.6) is 0 Å². The highest BCUT2D eigenvalue weighted by atomic mass is 32.1. The molecule has 0 aliphatic rings. The van der Waals surface area contributed by atoms with E-state index in [1.807, 2.05) is 6.92 Å². The van der Waals surface area contributed by atoms with E-state index in [9.17, 15) is 4.79 Å². The lowest BCUT2D eigenvalue weighted by atomic mass is 10.5. The van der Waals surface area contributed by atoms with E-state index in [4.69, 9.17) is 4.74 Å². The molecule has 4 heteroatoms. The van der Waals surface area contributed by atoms with E-state index in [1.165, 1.54) is 0 Å². The van der Waals surface area contributed by atoms with Crippen molar-refractivity contribution in [1.29, 1.82) is 0 Å². The number of rotatable bonds is 3. The number of hydrogen-bond acceptors (Lipinski definition) is 3. The van der Waals surface area contributed by atoms with Crippen molar-refractivity contribution >= 4 is 35.0 Å². The summed E-state index contributed by atoms with van der Waals surface area (Å²) < 4.78 is 4.81. The van der Waals surface area contributed by atoms with Gasteiger partial charge < -0.3 is 4.74 Å². The molecule has 52 valence electrons. The van der Waals surface area contributed by atoms with Crippen molar-refractivity contribution in [3.8, 4) is 0 Å². The maximum Gasteiger partial charge on any atom is 0.194 e. The van der Waals surface area contributed by atoms with Crippen molar-refractivity contribution in [3.63, 3.8) is 0 Å². The van der Waals surface area contributed by atoms with Gasteiger partial charge in [0.25, 0.3) is 0 Å². The first-order chi connectivity index (χ1) is 4.16. The molecule has 0 saturated carbocycles. The number of carbonyl (C=O) groups excluding carboxylic acids is 1. The molecule has 0 spiro atoms. The molecule has 9 heavy (non-hydrogen) atoms. The van der Waals surface area contributed by atoms with Gasteiger partial charge in [-0.3, -0.25) is 4.79 Å². The third-order valence-corrected chi connectivity index (χ3v) is 1.02. The zero-order valence-corrected chi connectivity index (χ0v) is 6.80. The number of ether oxygens (including phenoxy) is 1. The molecule has 0 aliphatic carbocycles. The minimum atomic E-state index is -0.256. The average molecular weight is 164 g/mol. The zero-order chi connectivity index (χ0) is 7.28. The van der Waals surface area contributed by atoms with Gasteiger partial charge in [-0.05, 0) is 19.1 Å². The van der Waals surface area contributed by atoms with E-state index in [-0.39, 0.29) is 11.5 Å². The summed E-state index contributed by atoms with van der Waals surface area (Å²) in [5, 5.41) is 0.0611. The molecule has 0 fully saturated rings. The summed E-state index contributed by atoms with van der Waals surface area (Å²) >= 11 is 8.16. The molecule has 0 unspecified atom stereocenters. The Morgan fingerprint density at radius 1 is 1.78 bits per heavy atom. The standard InChI is InChI=1S/C5H8O2S2/c1-2-7-5(9)3-4(6)8/h2-3H2,1H3,(H,6,8). The summed E-state index contributed by atoms with van der Waals surface area (Å²) in [6.07, 6.45) is 0.131. The van der Waals surface area contributed by atoms with Crippen LogP contribution in [0.15, 0.2) is 0 Å². The van der Waals surface area contributed by atoms with Gasteiger partial charge in [-0.1, -0.05) is 0 Å². The molecule has 0 N–H and O–H groups in total. The van der Waals surface area contributed by atoms with Crippen LogP contribution in [0.3, 0.4) is 0 Å². The average Bonchev–Trinajstić information content (AvgIpc) is 1.63. The molecular weight excluding hydrogens is 156 g/mol. The van der Waals surface area contributed by atoms with Crippen LogP contribution in [0, 0.1) is 0 Å². The second kappa shape index (κ2) is 4.76. The van der Waals surface area contributed by atoms with E-state index in [2.05, 4.69) is 24.8 Å². The summed E-state index contributed by atoms with van der Waals surface area (Å²) in [4.78, 5) is 10.2. The normalized spacial score (nSPS) is 8.67. The number of hydrogen-bond donors (Lipinski definition) is 1. The topological polar surface area (TPSA) is 26.3 Å². The number of thiol groups is 1. The van der Waals surface area contributed by atoms with Crippen molar-refractivity contribution in [2.24, 2.45) is 0 Å². The lowest BCUT2D eigenvalue weighted by Crippen LogP contribution is -2.04. The molecule has 0 saturated heterocycles. The third kappa shape index (κ3) is 5.79. The summed E-state index contributed by atoms with van der Waals surface area (Å²) in [7, 11) is 0. The van der Waals surface area contributed by atoms with Crippen LogP contribution >= 0.6 is 24.8 Å². The van der Waals surface area contributed by atoms with Crippen molar-refractivity contribution in [3.05, 3.63) is 0 Å². The molecule has 2 nitrogen and oxygen atoms in total. The minimum absolute atomic E-state index is 0.131. The van der Waals surface area contributed by atoms with Crippen LogP contribution in [-0.4, -0.2) is 16.8 Å². The maximum atomic E-state index is 10.2. The number of carbonyl (C=O) groups is 1. The predicted molar refractivity (Wildman–Crippen MR) is 42.8 cm³/mol. The van der Waals surface area contributed by atoms with Crippen molar-refractivity contribution in [2.45, 2.75) is 13.3 Å². The molecule has 0 atom stereocenters. The smallest absolute Gasteiger partial charge is 0.194 e. The van der Waals surface area contributed by atoms with E-state index in [0.29, 0.717) is 11.7 Å². The molecule has 0 aromatic heterocycles. The SMILES string of the molecule is CCOC(=S)CC(=O)S. The van der Waals surface area contributed by atoms with Gasteiger partial charge in [0, 0.05) is 0 Å². The van der Waals surface area contributed by atoms with Gasteiger partial charge >= 0.3 is 0 Å². The Kier molecular flexibility index (Phi) is 4.71. The second-order valence-electron chi connectivity index (χ2n) is 1.38. The Bertz CT molecular complexity index is 122. The Morgan fingerprint density at radius 2 is 2.33 bits per heavy atom. The van der Waals surface area contributed by atoms with E-state index >= 15 is 0 Å². The maximum absolute atomic E-state index is 10.2. The molecule has 0 aliphatic heterocycles. The predicted octanol–water partition coefficient (Wildman–Crippen LogP) is 1.20. The van der Waals surface area contributed by atoms with Crippen LogP contribution < -0.4 is 0 Å². The van der Waals surface area contributed by atoms with Crippen molar-refractivity contribution in [2.75, 3.05) is 6.61 Å². The molecule has 0 rings (SSSR count). The monoisotopic (exact) mass is 164 g/mol.